The molecule has 2 rings (SSSR count). The van der Waals surface area contributed by atoms with Crippen LogP contribution in [0.3, 0.4) is 0 Å². The smallest absolute Gasteiger partial charge is 0.321 e. The summed E-state index contributed by atoms with van der Waals surface area (Å²) in [4.78, 5) is 47.6. The zero-order chi connectivity index (χ0) is 20.7. The predicted octanol–water partition coefficient (Wildman–Crippen LogP) is 2.69. The average Bonchev–Trinajstić information content (AvgIpc) is 2.64. The number of amides is 3. The van der Waals surface area contributed by atoms with Crippen molar-refractivity contribution in [1.29, 1.82) is 0 Å². The SMILES string of the molecule is CC(C)NC(=O)NC(=O)[C@@H](C)OC(=O)CCC(=O)c1ccc2c(c1)CCCC2. The van der Waals surface area contributed by atoms with E-state index < -0.39 is 24.0 Å². The van der Waals surface area contributed by atoms with Crippen molar-refractivity contribution < 1.29 is 23.9 Å². The highest BCUT2D eigenvalue weighted by molar-refractivity contribution is 5.99. The molecule has 28 heavy (non-hydrogen) atoms. The second-order valence-corrected chi connectivity index (χ2v) is 7.36. The van der Waals surface area contributed by atoms with Crippen LogP contribution in [0, 0.1) is 0 Å². The summed E-state index contributed by atoms with van der Waals surface area (Å²) in [7, 11) is 0. The van der Waals surface area contributed by atoms with Gasteiger partial charge in [0.15, 0.2) is 11.9 Å². The molecule has 0 unspecified atom stereocenters. The largest absolute Gasteiger partial charge is 0.453 e. The van der Waals surface area contributed by atoms with Gasteiger partial charge < -0.3 is 10.1 Å². The maximum atomic E-state index is 12.4. The minimum absolute atomic E-state index is 0.0137. The Labute approximate surface area is 165 Å². The Balaban J connectivity index is 1.79. The van der Waals surface area contributed by atoms with Crippen molar-refractivity contribution in [3.8, 4) is 0 Å². The van der Waals surface area contributed by atoms with Crippen molar-refractivity contribution in [2.24, 2.45) is 0 Å². The van der Waals surface area contributed by atoms with Gasteiger partial charge in [-0.3, -0.25) is 19.7 Å². The number of hydrogen-bond acceptors (Lipinski definition) is 5. The van der Waals surface area contributed by atoms with Crippen LogP contribution < -0.4 is 10.6 Å². The fourth-order valence-electron chi connectivity index (χ4n) is 3.09. The number of urea groups is 1. The van der Waals surface area contributed by atoms with Gasteiger partial charge in [0.05, 0.1) is 6.42 Å². The number of esters is 1. The van der Waals surface area contributed by atoms with Crippen LogP contribution in [0.25, 0.3) is 0 Å². The topological polar surface area (TPSA) is 102 Å². The molecule has 0 spiro atoms. The van der Waals surface area contributed by atoms with Gasteiger partial charge in [-0.15, -0.1) is 0 Å². The maximum absolute atomic E-state index is 12.4. The third-order valence-corrected chi connectivity index (χ3v) is 4.56. The molecule has 0 saturated heterocycles. The first-order chi connectivity index (χ1) is 13.3. The zero-order valence-electron chi connectivity index (χ0n) is 16.7. The van der Waals surface area contributed by atoms with E-state index in [1.165, 1.54) is 24.5 Å². The van der Waals surface area contributed by atoms with E-state index in [0.717, 1.165) is 19.3 Å². The van der Waals surface area contributed by atoms with Crippen LogP contribution in [0.1, 0.15) is 67.9 Å². The molecule has 2 N–H and O–H groups in total. The van der Waals surface area contributed by atoms with Crippen LogP contribution in [0.5, 0.6) is 0 Å². The number of aryl methyl sites for hydroxylation is 2. The first-order valence-electron chi connectivity index (χ1n) is 9.72. The second kappa shape index (κ2) is 10.0. The number of ether oxygens (including phenoxy) is 1. The van der Waals surface area contributed by atoms with E-state index in [4.69, 9.17) is 4.74 Å². The molecule has 152 valence electrons. The molecule has 0 saturated carbocycles. The molecule has 7 heteroatoms. The van der Waals surface area contributed by atoms with Gasteiger partial charge in [0, 0.05) is 18.0 Å². The molecule has 0 aliphatic heterocycles. The molecule has 1 aliphatic rings. The first-order valence-corrected chi connectivity index (χ1v) is 9.72. The summed E-state index contributed by atoms with van der Waals surface area (Å²) in [6, 6.07) is 4.95. The van der Waals surface area contributed by atoms with Gasteiger partial charge in [0.2, 0.25) is 0 Å². The summed E-state index contributed by atoms with van der Waals surface area (Å²) in [6.07, 6.45) is 3.11. The Morgan fingerprint density at radius 1 is 1.00 bits per heavy atom. The number of nitrogens with one attached hydrogen (secondary N) is 2. The van der Waals surface area contributed by atoms with Gasteiger partial charge in [-0.2, -0.15) is 0 Å². The van der Waals surface area contributed by atoms with Crippen molar-refractivity contribution in [3.63, 3.8) is 0 Å². The number of carbonyl (C=O) groups is 4. The lowest BCUT2D eigenvalue weighted by Crippen LogP contribution is -2.46. The Kier molecular flexibility index (Phi) is 7.72. The van der Waals surface area contributed by atoms with E-state index >= 15 is 0 Å². The van der Waals surface area contributed by atoms with Crippen molar-refractivity contribution in [2.45, 2.75) is 71.4 Å². The Morgan fingerprint density at radius 3 is 2.36 bits per heavy atom. The van der Waals surface area contributed by atoms with E-state index in [1.54, 1.807) is 19.9 Å². The number of Topliss-reactive ketones (excluding diaryl/α,β-unsaturated/α-hetero) is 1. The molecular weight excluding hydrogens is 360 g/mol. The molecule has 3 amide bonds. The molecule has 0 fully saturated rings. The van der Waals surface area contributed by atoms with Gasteiger partial charge in [-0.1, -0.05) is 12.1 Å². The highest BCUT2D eigenvalue weighted by atomic mass is 16.5. The Bertz CT molecular complexity index is 757. The lowest BCUT2D eigenvalue weighted by Gasteiger charge is -2.16. The standard InChI is InChI=1S/C21H28N2O5/c1-13(2)22-21(27)23-20(26)14(3)28-19(25)11-10-18(24)17-9-8-15-6-4-5-7-16(15)12-17/h8-9,12-14H,4-7,10-11H2,1-3H3,(H2,22,23,26,27)/t14-/m1/s1. The maximum Gasteiger partial charge on any atom is 0.321 e. The molecule has 0 aromatic heterocycles. The number of rotatable bonds is 7. The van der Waals surface area contributed by atoms with E-state index in [2.05, 4.69) is 10.6 Å². The summed E-state index contributed by atoms with van der Waals surface area (Å²) < 4.78 is 5.01. The average molecular weight is 388 g/mol. The third kappa shape index (κ3) is 6.48. The fraction of sp³-hybridized carbons (Fsp3) is 0.524. The summed E-state index contributed by atoms with van der Waals surface area (Å²) in [5.74, 6) is -1.50. The number of imide groups is 1. The summed E-state index contributed by atoms with van der Waals surface area (Å²) in [6.45, 7) is 4.89. The van der Waals surface area contributed by atoms with Crippen molar-refractivity contribution >= 4 is 23.7 Å². The van der Waals surface area contributed by atoms with Gasteiger partial charge in [0.25, 0.3) is 5.91 Å². The highest BCUT2D eigenvalue weighted by Gasteiger charge is 2.21. The van der Waals surface area contributed by atoms with Crippen LogP contribution in [0.4, 0.5) is 4.79 Å². The van der Waals surface area contributed by atoms with E-state index in [1.807, 2.05) is 12.1 Å². The van der Waals surface area contributed by atoms with Crippen LogP contribution in [0.15, 0.2) is 18.2 Å². The fourth-order valence-corrected chi connectivity index (χ4v) is 3.09. The predicted molar refractivity (Wildman–Crippen MR) is 104 cm³/mol. The van der Waals surface area contributed by atoms with Gasteiger partial charge in [0.1, 0.15) is 0 Å². The molecule has 0 heterocycles. The third-order valence-electron chi connectivity index (χ3n) is 4.56. The van der Waals surface area contributed by atoms with Crippen molar-refractivity contribution in [1.82, 2.24) is 10.6 Å². The number of hydrogen-bond donors (Lipinski definition) is 2. The first kappa shape index (κ1) is 21.6. The van der Waals surface area contributed by atoms with Crippen LogP contribution in [-0.2, 0) is 27.2 Å². The van der Waals surface area contributed by atoms with E-state index in [9.17, 15) is 19.2 Å². The molecule has 0 radical (unpaired) electrons. The monoisotopic (exact) mass is 388 g/mol. The summed E-state index contributed by atoms with van der Waals surface area (Å²) in [5, 5.41) is 4.61. The van der Waals surface area contributed by atoms with Gasteiger partial charge >= 0.3 is 12.0 Å². The van der Waals surface area contributed by atoms with E-state index in [-0.39, 0.29) is 24.7 Å². The summed E-state index contributed by atoms with van der Waals surface area (Å²) >= 11 is 0. The lowest BCUT2D eigenvalue weighted by atomic mass is 9.89. The number of ketones is 1. The normalized spacial score (nSPS) is 14.0. The number of fused-ring (bicyclic) bond motifs is 1. The molecular formula is C21H28N2O5. The quantitative estimate of drug-likeness (QED) is 0.552. The van der Waals surface area contributed by atoms with Crippen molar-refractivity contribution in [2.75, 3.05) is 0 Å². The second-order valence-electron chi connectivity index (χ2n) is 7.36. The number of carbonyl (C=O) groups excluding carboxylic acids is 4. The summed E-state index contributed by atoms with van der Waals surface area (Å²) in [5.41, 5.74) is 3.11. The van der Waals surface area contributed by atoms with E-state index in [0.29, 0.717) is 5.56 Å². The lowest BCUT2D eigenvalue weighted by molar-refractivity contribution is -0.154. The van der Waals surface area contributed by atoms with Gasteiger partial charge in [-0.05, 0) is 63.6 Å². The minimum Gasteiger partial charge on any atom is -0.453 e. The van der Waals surface area contributed by atoms with Crippen LogP contribution >= 0.6 is 0 Å². The van der Waals surface area contributed by atoms with Gasteiger partial charge in [-0.25, -0.2) is 4.79 Å². The Hall–Kier alpha value is -2.70. The molecule has 1 aromatic rings. The Morgan fingerprint density at radius 2 is 1.68 bits per heavy atom. The minimum atomic E-state index is -1.12. The molecule has 7 nitrogen and oxygen atoms in total. The molecule has 0 bridgehead atoms. The van der Waals surface area contributed by atoms with Crippen LogP contribution in [-0.4, -0.2) is 35.8 Å². The van der Waals surface area contributed by atoms with Crippen molar-refractivity contribution in [3.05, 3.63) is 34.9 Å². The highest BCUT2D eigenvalue weighted by Crippen LogP contribution is 2.23. The molecule has 1 atom stereocenters. The van der Waals surface area contributed by atoms with Crippen LogP contribution in [0.2, 0.25) is 0 Å². The molecule has 1 aliphatic carbocycles. The molecule has 1 aromatic carbocycles. The zero-order valence-corrected chi connectivity index (χ0v) is 16.7. The number of benzene rings is 1.